The van der Waals surface area contributed by atoms with Crippen molar-refractivity contribution in [3.8, 4) is 6.07 Å². The van der Waals surface area contributed by atoms with Gasteiger partial charge in [0.15, 0.2) is 5.78 Å². The molecule has 1 aromatic heterocycles. The summed E-state index contributed by atoms with van der Waals surface area (Å²) >= 11 is 1.55. The lowest BCUT2D eigenvalue weighted by Gasteiger charge is -2.44. The number of carbonyl (C=O) groups is 1. The molecule has 172 valence electrons. The Bertz CT molecular complexity index is 1260. The van der Waals surface area contributed by atoms with Crippen LogP contribution in [0, 0.1) is 30.6 Å². The maximum atomic E-state index is 13.9. The summed E-state index contributed by atoms with van der Waals surface area (Å²) in [6.45, 7) is 7.69. The van der Waals surface area contributed by atoms with Gasteiger partial charge in [-0.2, -0.15) is 18.4 Å². The lowest BCUT2D eigenvalue weighted by molar-refractivity contribution is -0.137. The average molecular weight is 472 g/mol. The van der Waals surface area contributed by atoms with E-state index in [0.717, 1.165) is 21.4 Å². The Kier molecular flexibility index (Phi) is 5.44. The molecular weight excluding hydrogens is 447 g/mol. The lowest BCUT2D eigenvalue weighted by Crippen LogP contribution is -2.42. The summed E-state index contributed by atoms with van der Waals surface area (Å²) < 4.78 is 41.8. The van der Waals surface area contributed by atoms with Crippen LogP contribution in [0.1, 0.15) is 53.5 Å². The molecule has 8 heteroatoms. The van der Waals surface area contributed by atoms with Gasteiger partial charge in [-0.05, 0) is 49.4 Å². The molecule has 0 radical (unpaired) electrons. The number of aryl methyl sites for hydroxylation is 2. The predicted molar refractivity (Wildman–Crippen MR) is 122 cm³/mol. The number of Topliss-reactive ketones (excluding diaryl/α,β-unsaturated/α-hetero) is 1. The third kappa shape index (κ3) is 3.84. The first-order valence-corrected chi connectivity index (χ1v) is 11.4. The van der Waals surface area contributed by atoms with E-state index in [1.54, 1.807) is 11.3 Å². The first-order chi connectivity index (χ1) is 15.4. The second-order valence-corrected chi connectivity index (χ2v) is 10.8. The van der Waals surface area contributed by atoms with Gasteiger partial charge in [0.2, 0.25) is 0 Å². The molecule has 33 heavy (non-hydrogen) atoms. The quantitative estimate of drug-likeness (QED) is 0.556. The van der Waals surface area contributed by atoms with Gasteiger partial charge in [-0.3, -0.25) is 9.69 Å². The summed E-state index contributed by atoms with van der Waals surface area (Å²) in [5.74, 6) is -0.913. The molecule has 1 aliphatic carbocycles. The van der Waals surface area contributed by atoms with Crippen molar-refractivity contribution < 1.29 is 18.0 Å². The Hall–Kier alpha value is -3.05. The van der Waals surface area contributed by atoms with Gasteiger partial charge in [-0.25, -0.2) is 0 Å². The second kappa shape index (κ2) is 7.77. The monoisotopic (exact) mass is 471 g/mol. The average Bonchev–Trinajstić information content (AvgIpc) is 3.03. The largest absolute Gasteiger partial charge is 0.418 e. The Labute approximate surface area is 194 Å². The molecule has 0 fully saturated rings. The van der Waals surface area contributed by atoms with Crippen LogP contribution in [0.15, 0.2) is 53.0 Å². The van der Waals surface area contributed by atoms with Crippen LogP contribution in [0.2, 0.25) is 0 Å². The van der Waals surface area contributed by atoms with Gasteiger partial charge in [-0.15, -0.1) is 11.3 Å². The Balaban J connectivity index is 2.06. The molecule has 2 aliphatic rings. The van der Waals surface area contributed by atoms with Crippen molar-refractivity contribution in [1.82, 2.24) is 0 Å². The van der Waals surface area contributed by atoms with Crippen LogP contribution >= 0.6 is 11.3 Å². The predicted octanol–water partition coefficient (Wildman–Crippen LogP) is 6.32. The Morgan fingerprint density at radius 1 is 1.21 bits per heavy atom. The Morgan fingerprint density at radius 3 is 2.45 bits per heavy atom. The van der Waals surface area contributed by atoms with Crippen molar-refractivity contribution in [3.63, 3.8) is 0 Å². The number of hydrogen-bond donors (Lipinski definition) is 1. The van der Waals surface area contributed by atoms with E-state index in [0.29, 0.717) is 17.7 Å². The third-order valence-electron chi connectivity index (χ3n) is 6.22. The number of allylic oxidation sites excluding steroid dienone is 3. The van der Waals surface area contributed by atoms with E-state index in [2.05, 4.69) is 6.07 Å². The van der Waals surface area contributed by atoms with Crippen LogP contribution in [0.5, 0.6) is 0 Å². The number of hydrogen-bond acceptors (Lipinski definition) is 5. The topological polar surface area (TPSA) is 70.1 Å². The fraction of sp³-hybridized carbons (Fsp3) is 0.360. The number of benzene rings is 1. The van der Waals surface area contributed by atoms with E-state index < -0.39 is 23.1 Å². The van der Waals surface area contributed by atoms with Crippen molar-refractivity contribution in [2.45, 2.75) is 52.6 Å². The molecule has 0 amide bonds. The van der Waals surface area contributed by atoms with Gasteiger partial charge in [-0.1, -0.05) is 26.0 Å². The van der Waals surface area contributed by atoms with Crippen LogP contribution in [-0.4, -0.2) is 5.78 Å². The summed E-state index contributed by atoms with van der Waals surface area (Å²) in [5.41, 5.74) is 6.69. The molecule has 1 atom stereocenters. The molecular formula is C25H24F3N3OS. The van der Waals surface area contributed by atoms with Gasteiger partial charge in [0, 0.05) is 27.4 Å². The van der Waals surface area contributed by atoms with Crippen LogP contribution < -0.4 is 10.6 Å². The third-order valence-corrected chi connectivity index (χ3v) is 7.20. The summed E-state index contributed by atoms with van der Waals surface area (Å²) in [4.78, 5) is 16.8. The number of halogens is 3. The molecule has 2 aromatic rings. The fourth-order valence-corrected chi connectivity index (χ4v) is 5.90. The number of para-hydroxylation sites is 1. The van der Waals surface area contributed by atoms with Gasteiger partial charge in [0.05, 0.1) is 28.8 Å². The van der Waals surface area contributed by atoms with E-state index in [9.17, 15) is 23.2 Å². The zero-order chi connectivity index (χ0) is 24.3. The van der Waals surface area contributed by atoms with E-state index in [-0.39, 0.29) is 29.3 Å². The van der Waals surface area contributed by atoms with E-state index in [1.807, 2.05) is 33.8 Å². The van der Waals surface area contributed by atoms with Crippen molar-refractivity contribution in [3.05, 3.63) is 73.9 Å². The van der Waals surface area contributed by atoms with Crippen LogP contribution in [0.3, 0.4) is 0 Å². The minimum Gasteiger partial charge on any atom is -0.384 e. The van der Waals surface area contributed by atoms with Crippen molar-refractivity contribution in [1.29, 1.82) is 5.26 Å². The van der Waals surface area contributed by atoms with Crippen LogP contribution in [0.4, 0.5) is 18.9 Å². The zero-order valence-electron chi connectivity index (χ0n) is 18.8. The molecule has 2 N–H and O–H groups in total. The maximum absolute atomic E-state index is 13.9. The highest BCUT2D eigenvalue weighted by Gasteiger charge is 2.46. The molecule has 0 saturated carbocycles. The standard InChI is InChI=1S/C25H24F3N3OS/c1-13-9-15(14(2)33-13)21-16(12-29)23(30)31(18-8-6-5-7-17(18)25(26,27)28)19-10-24(3,4)11-20(32)22(19)21/h5-9,21H,10-11,30H2,1-4H3. The SMILES string of the molecule is Cc1cc(C2C(C#N)=C(N)N(c3ccccc3C(F)(F)F)C3=C2C(=O)CC(C)(C)C3)c(C)s1. The summed E-state index contributed by atoms with van der Waals surface area (Å²) in [6.07, 6.45) is -4.02. The molecule has 1 aliphatic heterocycles. The van der Waals surface area contributed by atoms with Gasteiger partial charge >= 0.3 is 6.18 Å². The number of nitrogens with zero attached hydrogens (tertiary/aromatic N) is 2. The second-order valence-electron chi connectivity index (χ2n) is 9.36. The van der Waals surface area contributed by atoms with Gasteiger partial charge < -0.3 is 5.73 Å². The highest BCUT2D eigenvalue weighted by Crippen LogP contribution is 2.52. The summed E-state index contributed by atoms with van der Waals surface area (Å²) in [6, 6.07) is 9.19. The first kappa shape index (κ1) is 23.1. The molecule has 4 nitrogen and oxygen atoms in total. The van der Waals surface area contributed by atoms with Gasteiger partial charge in [0.25, 0.3) is 0 Å². The zero-order valence-corrected chi connectivity index (χ0v) is 19.6. The van der Waals surface area contributed by atoms with Crippen molar-refractivity contribution in [2.24, 2.45) is 11.1 Å². The molecule has 2 heterocycles. The minimum atomic E-state index is -4.63. The fourth-order valence-electron chi connectivity index (χ4n) is 4.94. The van der Waals surface area contributed by atoms with Crippen LogP contribution in [0.25, 0.3) is 0 Å². The smallest absolute Gasteiger partial charge is 0.384 e. The number of rotatable bonds is 2. The first-order valence-electron chi connectivity index (χ1n) is 10.5. The molecule has 0 bridgehead atoms. The molecule has 4 rings (SSSR count). The number of nitrogens with two attached hydrogens (primary N) is 1. The number of carbonyl (C=O) groups excluding carboxylic acids is 1. The number of ketones is 1. The lowest BCUT2D eigenvalue weighted by atomic mass is 9.68. The number of anilines is 1. The molecule has 0 spiro atoms. The highest BCUT2D eigenvalue weighted by atomic mass is 32.1. The number of nitriles is 1. The Morgan fingerprint density at radius 2 is 1.88 bits per heavy atom. The summed E-state index contributed by atoms with van der Waals surface area (Å²) in [7, 11) is 0. The summed E-state index contributed by atoms with van der Waals surface area (Å²) in [5, 5.41) is 10.1. The van der Waals surface area contributed by atoms with Crippen LogP contribution in [-0.2, 0) is 11.0 Å². The molecule has 1 aromatic carbocycles. The molecule has 1 unspecified atom stereocenters. The maximum Gasteiger partial charge on any atom is 0.418 e. The van der Waals surface area contributed by atoms with E-state index >= 15 is 0 Å². The van der Waals surface area contributed by atoms with E-state index in [1.165, 1.54) is 23.1 Å². The highest BCUT2D eigenvalue weighted by molar-refractivity contribution is 7.12. The number of thiophene rings is 1. The van der Waals surface area contributed by atoms with Crippen molar-refractivity contribution in [2.75, 3.05) is 4.90 Å². The van der Waals surface area contributed by atoms with Gasteiger partial charge in [0.1, 0.15) is 5.82 Å². The minimum absolute atomic E-state index is 0.0632. The van der Waals surface area contributed by atoms with Crippen molar-refractivity contribution >= 4 is 22.8 Å². The normalized spacial score (nSPS) is 20.7. The number of alkyl halides is 3. The van der Waals surface area contributed by atoms with E-state index in [4.69, 9.17) is 5.73 Å². The molecule has 0 saturated heterocycles.